The summed E-state index contributed by atoms with van der Waals surface area (Å²) in [4.78, 5) is 10.7. The predicted molar refractivity (Wildman–Crippen MR) is 48.4 cm³/mol. The Morgan fingerprint density at radius 2 is 2.46 bits per heavy atom. The normalized spacial score (nSPS) is 10.2. The molecule has 2 aromatic rings. The predicted octanol–water partition coefficient (Wildman–Crippen LogP) is 1.63. The number of carbonyl (C=O) groups is 1. The van der Waals surface area contributed by atoms with Crippen LogP contribution in [-0.2, 0) is 0 Å². The van der Waals surface area contributed by atoms with E-state index in [0.717, 1.165) is 0 Å². The smallest absolute Gasteiger partial charge is 0.338 e. The lowest BCUT2D eigenvalue weighted by Gasteiger charge is -1.97. The lowest BCUT2D eigenvalue weighted by atomic mass is 10.3. The molecule has 0 saturated carbocycles. The molecule has 66 valence electrons. The molecule has 5 heteroatoms. The molecule has 0 aliphatic heterocycles. The topological polar surface area (TPSA) is 55.1 Å². The van der Waals surface area contributed by atoms with Crippen LogP contribution < -0.4 is 0 Å². The van der Waals surface area contributed by atoms with E-state index in [0.29, 0.717) is 5.00 Å². The van der Waals surface area contributed by atoms with E-state index in [1.165, 1.54) is 11.3 Å². The van der Waals surface area contributed by atoms with E-state index in [1.54, 1.807) is 34.6 Å². The number of carboxylic acids is 1. The molecule has 13 heavy (non-hydrogen) atoms. The summed E-state index contributed by atoms with van der Waals surface area (Å²) in [6.07, 6.45) is 3.34. The summed E-state index contributed by atoms with van der Waals surface area (Å²) in [5.74, 6) is -0.924. The van der Waals surface area contributed by atoms with Gasteiger partial charge in [0.2, 0.25) is 0 Å². The minimum atomic E-state index is -0.924. The standard InChI is InChI=1S/C8H6N2O2S/c11-8(12)6-2-5-13-7(6)10-4-1-3-9-10/h1-5H,(H,11,12). The van der Waals surface area contributed by atoms with E-state index < -0.39 is 5.97 Å². The van der Waals surface area contributed by atoms with Crippen molar-refractivity contribution in [2.24, 2.45) is 0 Å². The number of carboxylic acid groups (broad SMARTS) is 1. The average Bonchev–Trinajstić information content (AvgIpc) is 2.74. The monoisotopic (exact) mass is 194 g/mol. The highest BCUT2D eigenvalue weighted by atomic mass is 32.1. The molecular formula is C8H6N2O2S. The van der Waals surface area contributed by atoms with E-state index in [4.69, 9.17) is 5.11 Å². The van der Waals surface area contributed by atoms with Gasteiger partial charge >= 0.3 is 5.97 Å². The fourth-order valence-corrected chi connectivity index (χ4v) is 1.86. The van der Waals surface area contributed by atoms with E-state index in [2.05, 4.69) is 5.10 Å². The molecular weight excluding hydrogens is 188 g/mol. The van der Waals surface area contributed by atoms with Gasteiger partial charge in [-0.1, -0.05) is 0 Å². The lowest BCUT2D eigenvalue weighted by Crippen LogP contribution is -2.01. The van der Waals surface area contributed by atoms with Gasteiger partial charge in [-0.05, 0) is 17.5 Å². The zero-order chi connectivity index (χ0) is 9.26. The van der Waals surface area contributed by atoms with Gasteiger partial charge in [0.1, 0.15) is 5.00 Å². The Morgan fingerprint density at radius 1 is 1.62 bits per heavy atom. The third-order valence-electron chi connectivity index (χ3n) is 1.59. The molecule has 0 aliphatic carbocycles. The van der Waals surface area contributed by atoms with Gasteiger partial charge in [0.25, 0.3) is 0 Å². The summed E-state index contributed by atoms with van der Waals surface area (Å²) in [7, 11) is 0. The van der Waals surface area contributed by atoms with E-state index >= 15 is 0 Å². The van der Waals surface area contributed by atoms with Gasteiger partial charge in [-0.2, -0.15) is 5.10 Å². The molecule has 0 bridgehead atoms. The van der Waals surface area contributed by atoms with Crippen molar-refractivity contribution in [3.05, 3.63) is 35.5 Å². The number of thiophene rings is 1. The van der Waals surface area contributed by atoms with Crippen LogP contribution in [-0.4, -0.2) is 20.9 Å². The van der Waals surface area contributed by atoms with Gasteiger partial charge in [-0.25, -0.2) is 9.48 Å². The van der Waals surface area contributed by atoms with Gasteiger partial charge < -0.3 is 5.11 Å². The summed E-state index contributed by atoms with van der Waals surface area (Å²) < 4.78 is 1.55. The SMILES string of the molecule is O=C(O)c1ccsc1-n1cccn1. The molecule has 2 rings (SSSR count). The van der Waals surface area contributed by atoms with Crippen molar-refractivity contribution in [1.82, 2.24) is 9.78 Å². The molecule has 2 aromatic heterocycles. The Kier molecular flexibility index (Phi) is 1.86. The maximum atomic E-state index is 10.7. The summed E-state index contributed by atoms with van der Waals surface area (Å²) in [5.41, 5.74) is 0.286. The maximum absolute atomic E-state index is 10.7. The first kappa shape index (κ1) is 8.00. The third kappa shape index (κ3) is 1.33. The van der Waals surface area contributed by atoms with Crippen molar-refractivity contribution in [2.45, 2.75) is 0 Å². The van der Waals surface area contributed by atoms with Gasteiger partial charge in [-0.15, -0.1) is 11.3 Å². The van der Waals surface area contributed by atoms with Crippen molar-refractivity contribution in [2.75, 3.05) is 0 Å². The lowest BCUT2D eigenvalue weighted by molar-refractivity contribution is 0.0697. The molecule has 2 heterocycles. The molecule has 0 spiro atoms. The van der Waals surface area contributed by atoms with Crippen LogP contribution in [0.15, 0.2) is 29.9 Å². The third-order valence-corrected chi connectivity index (χ3v) is 2.49. The van der Waals surface area contributed by atoms with Crippen molar-refractivity contribution in [1.29, 1.82) is 0 Å². The Morgan fingerprint density at radius 3 is 3.08 bits per heavy atom. The number of hydrogen-bond donors (Lipinski definition) is 1. The molecule has 0 saturated heterocycles. The molecule has 4 nitrogen and oxygen atoms in total. The quantitative estimate of drug-likeness (QED) is 0.790. The van der Waals surface area contributed by atoms with Crippen LogP contribution in [0, 0.1) is 0 Å². The molecule has 0 unspecified atom stereocenters. The van der Waals surface area contributed by atoms with Crippen molar-refractivity contribution >= 4 is 17.3 Å². The zero-order valence-corrected chi connectivity index (χ0v) is 7.36. The van der Waals surface area contributed by atoms with Crippen molar-refractivity contribution in [3.63, 3.8) is 0 Å². The number of rotatable bonds is 2. The first-order valence-electron chi connectivity index (χ1n) is 3.60. The summed E-state index contributed by atoms with van der Waals surface area (Å²) in [6, 6.07) is 3.33. The van der Waals surface area contributed by atoms with Gasteiger partial charge in [0, 0.05) is 12.4 Å². The summed E-state index contributed by atoms with van der Waals surface area (Å²) in [5, 5.41) is 15.2. The van der Waals surface area contributed by atoms with Crippen LogP contribution in [0.3, 0.4) is 0 Å². The zero-order valence-electron chi connectivity index (χ0n) is 6.54. The average molecular weight is 194 g/mol. The molecule has 0 aliphatic rings. The molecule has 0 aromatic carbocycles. The Balaban J connectivity index is 2.52. The fraction of sp³-hybridized carbons (Fsp3) is 0. The highest BCUT2D eigenvalue weighted by Crippen LogP contribution is 2.20. The number of nitrogens with zero attached hydrogens (tertiary/aromatic N) is 2. The minimum absolute atomic E-state index is 0.286. The molecule has 0 atom stereocenters. The first-order chi connectivity index (χ1) is 6.29. The van der Waals surface area contributed by atoms with Crippen LogP contribution in [0.25, 0.3) is 5.00 Å². The number of aromatic carboxylic acids is 1. The van der Waals surface area contributed by atoms with E-state index in [1.807, 2.05) is 0 Å². The largest absolute Gasteiger partial charge is 0.478 e. The molecule has 0 amide bonds. The van der Waals surface area contributed by atoms with Crippen LogP contribution >= 0.6 is 11.3 Å². The molecule has 1 N–H and O–H groups in total. The summed E-state index contributed by atoms with van der Waals surface area (Å²) in [6.45, 7) is 0. The maximum Gasteiger partial charge on any atom is 0.338 e. The van der Waals surface area contributed by atoms with Crippen LogP contribution in [0.4, 0.5) is 0 Å². The Labute approximate surface area is 78.1 Å². The van der Waals surface area contributed by atoms with Gasteiger partial charge in [-0.3, -0.25) is 0 Å². The van der Waals surface area contributed by atoms with Gasteiger partial charge in [0.15, 0.2) is 0 Å². The highest BCUT2D eigenvalue weighted by Gasteiger charge is 2.12. The van der Waals surface area contributed by atoms with Crippen molar-refractivity contribution < 1.29 is 9.90 Å². The molecule has 0 fully saturated rings. The Hall–Kier alpha value is -1.62. The second kappa shape index (κ2) is 3.02. The second-order valence-electron chi connectivity index (χ2n) is 2.40. The van der Waals surface area contributed by atoms with E-state index in [9.17, 15) is 4.79 Å². The fourth-order valence-electron chi connectivity index (χ4n) is 1.03. The van der Waals surface area contributed by atoms with Crippen LogP contribution in [0.2, 0.25) is 0 Å². The van der Waals surface area contributed by atoms with Crippen LogP contribution in [0.5, 0.6) is 0 Å². The Bertz CT molecular complexity index is 419. The minimum Gasteiger partial charge on any atom is -0.478 e. The second-order valence-corrected chi connectivity index (χ2v) is 3.29. The number of aromatic nitrogens is 2. The van der Waals surface area contributed by atoms with Crippen LogP contribution in [0.1, 0.15) is 10.4 Å². The highest BCUT2D eigenvalue weighted by molar-refractivity contribution is 7.12. The summed E-state index contributed by atoms with van der Waals surface area (Å²) >= 11 is 1.36. The first-order valence-corrected chi connectivity index (χ1v) is 4.48. The van der Waals surface area contributed by atoms with Gasteiger partial charge in [0.05, 0.1) is 5.56 Å². The van der Waals surface area contributed by atoms with Crippen molar-refractivity contribution in [3.8, 4) is 5.00 Å². The molecule has 0 radical (unpaired) electrons. The number of hydrogen-bond acceptors (Lipinski definition) is 3. The van der Waals surface area contributed by atoms with E-state index in [-0.39, 0.29) is 5.56 Å².